The molecule has 0 aromatic carbocycles. The van der Waals surface area contributed by atoms with Crippen LogP contribution in [0, 0.1) is 0 Å². The van der Waals surface area contributed by atoms with Gasteiger partial charge in [-0.15, -0.1) is 0 Å². The fraction of sp³-hybridized carbons (Fsp3) is 0.143. The molecule has 4 rings (SSSR count). The lowest BCUT2D eigenvalue weighted by atomic mass is 10.0. The number of aromatic nitrogens is 4. The molecule has 0 unspecified atom stereocenters. The van der Waals surface area contributed by atoms with Crippen LogP contribution in [0.1, 0.15) is 27.2 Å². The molecule has 0 bridgehead atoms. The van der Waals surface area contributed by atoms with Gasteiger partial charge in [0.15, 0.2) is 5.78 Å². The van der Waals surface area contributed by atoms with Crippen molar-refractivity contribution in [3.63, 3.8) is 0 Å². The molecule has 0 saturated heterocycles. The van der Waals surface area contributed by atoms with Gasteiger partial charge in [-0.1, -0.05) is 6.07 Å². The predicted octanol–water partition coefficient (Wildman–Crippen LogP) is 3.38. The molecule has 134 valence electrons. The van der Waals surface area contributed by atoms with E-state index in [4.69, 9.17) is 4.74 Å². The maximum absolute atomic E-state index is 12.4. The quantitative estimate of drug-likeness (QED) is 0.535. The minimum Gasteiger partial charge on any atom is -0.481 e. The number of hydrogen-bond donors (Lipinski definition) is 1. The lowest BCUT2D eigenvalue weighted by Crippen LogP contribution is -2.06. The zero-order valence-electron chi connectivity index (χ0n) is 14.8. The highest BCUT2D eigenvalue weighted by molar-refractivity contribution is 5.97. The molecule has 0 radical (unpaired) electrons. The van der Waals surface area contributed by atoms with Gasteiger partial charge in [-0.2, -0.15) is 0 Å². The van der Waals surface area contributed by atoms with Crippen molar-refractivity contribution in [3.05, 3.63) is 83.6 Å². The summed E-state index contributed by atoms with van der Waals surface area (Å²) in [5.41, 5.74) is 4.45. The smallest absolute Gasteiger partial charge is 0.213 e. The summed E-state index contributed by atoms with van der Waals surface area (Å²) >= 11 is 0. The van der Waals surface area contributed by atoms with E-state index in [0.717, 1.165) is 28.7 Å². The normalized spacial score (nSPS) is 10.9. The number of ether oxygens (including phenoxy) is 1. The highest BCUT2D eigenvalue weighted by Crippen LogP contribution is 2.19. The topological polar surface area (TPSA) is 80.8 Å². The van der Waals surface area contributed by atoms with Crippen LogP contribution in [0.15, 0.2) is 61.2 Å². The molecule has 6 heteroatoms. The maximum atomic E-state index is 12.4. The molecule has 0 fully saturated rings. The van der Waals surface area contributed by atoms with Crippen LogP contribution in [0.2, 0.25) is 0 Å². The number of fused-ring (bicyclic) bond motifs is 1. The van der Waals surface area contributed by atoms with Crippen LogP contribution >= 0.6 is 0 Å². The highest BCUT2D eigenvalue weighted by Gasteiger charge is 2.10. The first-order valence-electron chi connectivity index (χ1n) is 8.61. The van der Waals surface area contributed by atoms with Crippen molar-refractivity contribution in [2.24, 2.45) is 0 Å². The first kappa shape index (κ1) is 16.9. The molecule has 0 aliphatic rings. The third-order valence-corrected chi connectivity index (χ3v) is 4.42. The molecule has 4 aromatic heterocycles. The molecule has 0 aliphatic heterocycles. The number of pyridine rings is 3. The predicted molar refractivity (Wildman–Crippen MR) is 102 cm³/mol. The Hall–Kier alpha value is -3.54. The summed E-state index contributed by atoms with van der Waals surface area (Å²) in [4.78, 5) is 28.4. The second-order valence-corrected chi connectivity index (χ2v) is 6.23. The summed E-state index contributed by atoms with van der Waals surface area (Å²) in [7, 11) is 1.53. The van der Waals surface area contributed by atoms with Crippen LogP contribution in [-0.4, -0.2) is 32.8 Å². The molecule has 4 aromatic rings. The number of aromatic amines is 1. The number of hydrogen-bond acceptors (Lipinski definition) is 5. The third-order valence-electron chi connectivity index (χ3n) is 4.42. The number of carbonyl (C=O) groups is 1. The average Bonchev–Trinajstić information content (AvgIpc) is 3.12. The third kappa shape index (κ3) is 3.69. The van der Waals surface area contributed by atoms with E-state index in [1.54, 1.807) is 24.5 Å². The van der Waals surface area contributed by atoms with Crippen molar-refractivity contribution in [1.29, 1.82) is 0 Å². The van der Waals surface area contributed by atoms with E-state index in [2.05, 4.69) is 26.0 Å². The van der Waals surface area contributed by atoms with Gasteiger partial charge in [0.2, 0.25) is 5.88 Å². The first-order chi connectivity index (χ1) is 13.2. The molecule has 4 heterocycles. The molecule has 0 spiro atoms. The lowest BCUT2D eigenvalue weighted by molar-refractivity contribution is 0.0991. The van der Waals surface area contributed by atoms with Crippen LogP contribution in [0.4, 0.5) is 0 Å². The summed E-state index contributed by atoms with van der Waals surface area (Å²) in [6, 6.07) is 11.2. The minimum absolute atomic E-state index is 0.0151. The summed E-state index contributed by atoms with van der Waals surface area (Å²) in [5.74, 6) is 0.413. The minimum atomic E-state index is -0.0151. The van der Waals surface area contributed by atoms with Crippen molar-refractivity contribution in [1.82, 2.24) is 19.9 Å². The first-order valence-corrected chi connectivity index (χ1v) is 8.61. The van der Waals surface area contributed by atoms with Crippen LogP contribution in [0.3, 0.4) is 0 Å². The largest absolute Gasteiger partial charge is 0.481 e. The van der Waals surface area contributed by atoms with Crippen molar-refractivity contribution in [2.45, 2.75) is 12.8 Å². The van der Waals surface area contributed by atoms with Gasteiger partial charge in [0.25, 0.3) is 0 Å². The number of nitrogens with one attached hydrogen (secondary N) is 1. The summed E-state index contributed by atoms with van der Waals surface area (Å²) in [5, 5.41) is 1.11. The van der Waals surface area contributed by atoms with Crippen molar-refractivity contribution < 1.29 is 9.53 Å². The molecule has 0 atom stereocenters. The van der Waals surface area contributed by atoms with Gasteiger partial charge < -0.3 is 9.72 Å². The molecule has 0 aliphatic carbocycles. The van der Waals surface area contributed by atoms with Crippen molar-refractivity contribution in [2.75, 3.05) is 7.11 Å². The summed E-state index contributed by atoms with van der Waals surface area (Å²) in [6.45, 7) is 0. The Labute approximate surface area is 156 Å². The maximum Gasteiger partial charge on any atom is 0.213 e. The average molecular weight is 358 g/mol. The van der Waals surface area contributed by atoms with Crippen LogP contribution in [0.5, 0.6) is 5.88 Å². The van der Waals surface area contributed by atoms with Crippen LogP contribution in [-0.2, 0) is 12.8 Å². The molecule has 27 heavy (non-hydrogen) atoms. The second-order valence-electron chi connectivity index (χ2n) is 6.23. The van der Waals surface area contributed by atoms with E-state index in [0.29, 0.717) is 11.4 Å². The molecular weight excluding hydrogens is 340 g/mol. The zero-order valence-corrected chi connectivity index (χ0v) is 14.8. The Morgan fingerprint density at radius 2 is 2.04 bits per heavy atom. The highest BCUT2D eigenvalue weighted by atomic mass is 16.5. The zero-order chi connectivity index (χ0) is 18.6. The Morgan fingerprint density at radius 3 is 2.85 bits per heavy atom. The van der Waals surface area contributed by atoms with Gasteiger partial charge in [0, 0.05) is 53.9 Å². The van der Waals surface area contributed by atoms with Crippen LogP contribution < -0.4 is 4.74 Å². The van der Waals surface area contributed by atoms with E-state index in [-0.39, 0.29) is 12.2 Å². The van der Waals surface area contributed by atoms with Crippen molar-refractivity contribution in [3.8, 4) is 5.88 Å². The number of methoxy groups -OCH3 is 1. The fourth-order valence-electron chi connectivity index (χ4n) is 3.00. The van der Waals surface area contributed by atoms with Gasteiger partial charge in [-0.05, 0) is 35.4 Å². The number of rotatable bonds is 6. The number of nitrogens with zero attached hydrogens (tertiary/aromatic N) is 3. The Balaban J connectivity index is 1.46. The van der Waals surface area contributed by atoms with E-state index < -0.39 is 0 Å². The summed E-state index contributed by atoms with van der Waals surface area (Å²) in [6.07, 6.45) is 8.14. The second kappa shape index (κ2) is 7.37. The molecular formula is C21H18N4O2. The van der Waals surface area contributed by atoms with Gasteiger partial charge in [-0.3, -0.25) is 9.78 Å². The summed E-state index contributed by atoms with van der Waals surface area (Å²) < 4.78 is 5.07. The Morgan fingerprint density at radius 1 is 1.11 bits per heavy atom. The molecule has 1 N–H and O–H groups in total. The number of ketones is 1. The Bertz CT molecular complexity index is 1090. The standard InChI is InChI=1S/C21H18N4O2/c1-27-20-10-15(6-8-22-20)19(26)11-17-5-4-14(12-24-17)9-16-13-25-21-18(16)3-2-7-23-21/h2-8,10,12-13H,9,11H2,1H3,(H,23,25). The number of carbonyl (C=O) groups excluding carboxylic acids is 1. The van der Waals surface area contributed by atoms with Gasteiger partial charge in [0.1, 0.15) is 5.65 Å². The fourth-order valence-corrected chi connectivity index (χ4v) is 3.00. The number of Topliss-reactive ketones (excluding diaryl/α,β-unsaturated/α-hetero) is 1. The lowest BCUT2D eigenvalue weighted by Gasteiger charge is -2.05. The van der Waals surface area contributed by atoms with Crippen molar-refractivity contribution >= 4 is 16.8 Å². The van der Waals surface area contributed by atoms with Gasteiger partial charge in [0.05, 0.1) is 13.5 Å². The molecule has 0 amide bonds. The molecule has 0 saturated carbocycles. The van der Waals surface area contributed by atoms with E-state index >= 15 is 0 Å². The monoisotopic (exact) mass is 358 g/mol. The Kier molecular flexibility index (Phi) is 4.61. The SMILES string of the molecule is COc1cc(C(=O)Cc2ccc(Cc3c[nH]c4ncccc34)cn2)ccn1. The van der Waals surface area contributed by atoms with Gasteiger partial charge >= 0.3 is 0 Å². The van der Waals surface area contributed by atoms with E-state index in [1.165, 1.54) is 12.7 Å². The van der Waals surface area contributed by atoms with Crippen LogP contribution in [0.25, 0.3) is 11.0 Å². The van der Waals surface area contributed by atoms with E-state index in [9.17, 15) is 4.79 Å². The molecule has 6 nitrogen and oxygen atoms in total. The van der Waals surface area contributed by atoms with E-state index in [1.807, 2.05) is 30.6 Å². The van der Waals surface area contributed by atoms with Gasteiger partial charge in [-0.25, -0.2) is 9.97 Å². The number of H-pyrrole nitrogens is 1.